The number of carbonyl (C=O) groups is 1. The molecule has 1 aromatic heterocycles. The second-order valence-corrected chi connectivity index (χ2v) is 4.29. The number of amides is 1. The minimum absolute atomic E-state index is 0.0285. The Hall–Kier alpha value is -2.23. The summed E-state index contributed by atoms with van der Waals surface area (Å²) in [5, 5.41) is 2.83. The van der Waals surface area contributed by atoms with Crippen LogP contribution in [0, 0.1) is 6.92 Å². The first-order valence-corrected chi connectivity index (χ1v) is 6.16. The van der Waals surface area contributed by atoms with Crippen LogP contribution in [-0.2, 0) is 11.2 Å². The predicted octanol–water partition coefficient (Wildman–Crippen LogP) is 3.17. The van der Waals surface area contributed by atoms with Gasteiger partial charge in [0.2, 0.25) is 5.91 Å². The molecule has 0 unspecified atom stereocenters. The van der Waals surface area contributed by atoms with Crippen LogP contribution in [0.15, 0.2) is 40.8 Å². The number of benzene rings is 1. The number of rotatable bonds is 5. The van der Waals surface area contributed by atoms with Crippen LogP contribution >= 0.6 is 0 Å². The number of hydrogen-bond acceptors (Lipinski definition) is 3. The molecule has 0 spiro atoms. The second kappa shape index (κ2) is 6.09. The molecule has 0 radical (unpaired) electrons. The summed E-state index contributed by atoms with van der Waals surface area (Å²) < 4.78 is 10.5. The minimum atomic E-state index is -0.0285. The number of hydrogen-bond donors (Lipinski definition) is 1. The molecule has 19 heavy (non-hydrogen) atoms. The Kier molecular flexibility index (Phi) is 4.23. The van der Waals surface area contributed by atoms with E-state index in [1.165, 1.54) is 0 Å². The molecule has 100 valence electrons. The summed E-state index contributed by atoms with van der Waals surface area (Å²) in [5.41, 5.74) is 0.765. The van der Waals surface area contributed by atoms with Crippen molar-refractivity contribution in [3.05, 3.63) is 47.9 Å². The van der Waals surface area contributed by atoms with Crippen LogP contribution in [0.5, 0.6) is 5.75 Å². The van der Waals surface area contributed by atoms with Crippen LogP contribution in [0.4, 0.5) is 5.69 Å². The Morgan fingerprint density at radius 1 is 1.21 bits per heavy atom. The van der Waals surface area contributed by atoms with Crippen molar-refractivity contribution in [1.29, 1.82) is 0 Å². The Morgan fingerprint density at radius 3 is 2.53 bits per heavy atom. The van der Waals surface area contributed by atoms with E-state index in [9.17, 15) is 4.79 Å². The van der Waals surface area contributed by atoms with Crippen molar-refractivity contribution in [2.75, 3.05) is 12.4 Å². The number of furan rings is 1. The first-order chi connectivity index (χ1) is 9.17. The zero-order valence-corrected chi connectivity index (χ0v) is 11.1. The van der Waals surface area contributed by atoms with Gasteiger partial charge in [-0.2, -0.15) is 0 Å². The molecule has 0 fully saturated rings. The van der Waals surface area contributed by atoms with Crippen molar-refractivity contribution in [2.45, 2.75) is 19.8 Å². The van der Waals surface area contributed by atoms with Gasteiger partial charge in [0.15, 0.2) is 0 Å². The summed E-state index contributed by atoms with van der Waals surface area (Å²) in [4.78, 5) is 11.8. The van der Waals surface area contributed by atoms with E-state index in [2.05, 4.69) is 5.32 Å². The Labute approximate surface area is 112 Å². The van der Waals surface area contributed by atoms with E-state index in [1.54, 1.807) is 7.11 Å². The zero-order chi connectivity index (χ0) is 13.7. The molecule has 0 aliphatic rings. The van der Waals surface area contributed by atoms with Gasteiger partial charge in [-0.15, -0.1) is 0 Å². The molecule has 0 bridgehead atoms. The number of nitrogens with one attached hydrogen (secondary N) is 1. The van der Waals surface area contributed by atoms with E-state index in [1.807, 2.05) is 43.3 Å². The molecule has 1 aromatic carbocycles. The van der Waals surface area contributed by atoms with E-state index in [4.69, 9.17) is 9.15 Å². The summed E-state index contributed by atoms with van der Waals surface area (Å²) in [6.07, 6.45) is 1.01. The van der Waals surface area contributed by atoms with Crippen molar-refractivity contribution in [3.63, 3.8) is 0 Å². The average molecular weight is 259 g/mol. The van der Waals surface area contributed by atoms with E-state index in [0.717, 1.165) is 23.0 Å². The molecule has 1 N–H and O–H groups in total. The van der Waals surface area contributed by atoms with Gasteiger partial charge < -0.3 is 14.5 Å². The summed E-state index contributed by atoms with van der Waals surface area (Å²) >= 11 is 0. The van der Waals surface area contributed by atoms with E-state index in [-0.39, 0.29) is 5.91 Å². The molecule has 0 aliphatic carbocycles. The lowest BCUT2D eigenvalue weighted by Gasteiger charge is -2.05. The second-order valence-electron chi connectivity index (χ2n) is 4.29. The van der Waals surface area contributed by atoms with Gasteiger partial charge in [-0.05, 0) is 43.3 Å². The highest BCUT2D eigenvalue weighted by atomic mass is 16.5. The third kappa shape index (κ3) is 3.88. The molecule has 1 heterocycles. The first kappa shape index (κ1) is 13.2. The monoisotopic (exact) mass is 259 g/mol. The number of anilines is 1. The third-order valence-corrected chi connectivity index (χ3v) is 2.77. The molecular formula is C15H17NO3. The van der Waals surface area contributed by atoms with Gasteiger partial charge in [0.1, 0.15) is 17.3 Å². The fraction of sp³-hybridized carbons (Fsp3) is 0.267. The average Bonchev–Trinajstić information content (AvgIpc) is 2.83. The van der Waals surface area contributed by atoms with Crippen LogP contribution in [0.2, 0.25) is 0 Å². The quantitative estimate of drug-likeness (QED) is 0.897. The fourth-order valence-electron chi connectivity index (χ4n) is 1.75. The van der Waals surface area contributed by atoms with Gasteiger partial charge in [-0.3, -0.25) is 4.79 Å². The third-order valence-electron chi connectivity index (χ3n) is 2.77. The Balaban J connectivity index is 1.83. The highest BCUT2D eigenvalue weighted by Crippen LogP contribution is 2.15. The maximum absolute atomic E-state index is 11.8. The molecule has 0 saturated carbocycles. The van der Waals surface area contributed by atoms with E-state index < -0.39 is 0 Å². The van der Waals surface area contributed by atoms with Crippen molar-refractivity contribution in [1.82, 2.24) is 0 Å². The van der Waals surface area contributed by atoms with Gasteiger partial charge in [-0.1, -0.05) is 0 Å². The standard InChI is InChI=1S/C15H17NO3/c1-11-3-6-14(19-11)9-10-15(17)16-12-4-7-13(18-2)8-5-12/h3-8H,9-10H2,1-2H3,(H,16,17). The highest BCUT2D eigenvalue weighted by Gasteiger charge is 2.05. The van der Waals surface area contributed by atoms with Crippen LogP contribution in [0.3, 0.4) is 0 Å². The van der Waals surface area contributed by atoms with Crippen molar-refractivity contribution in [2.24, 2.45) is 0 Å². The predicted molar refractivity (Wildman–Crippen MR) is 73.4 cm³/mol. The number of ether oxygens (including phenoxy) is 1. The van der Waals surface area contributed by atoms with Gasteiger partial charge >= 0.3 is 0 Å². The Morgan fingerprint density at radius 2 is 1.95 bits per heavy atom. The SMILES string of the molecule is COc1ccc(NC(=O)CCc2ccc(C)o2)cc1. The van der Waals surface area contributed by atoms with Crippen LogP contribution in [0.1, 0.15) is 17.9 Å². The molecular weight excluding hydrogens is 242 g/mol. The molecule has 0 aliphatic heterocycles. The highest BCUT2D eigenvalue weighted by molar-refractivity contribution is 5.90. The molecule has 4 heteroatoms. The van der Waals surface area contributed by atoms with E-state index in [0.29, 0.717) is 12.8 Å². The van der Waals surface area contributed by atoms with Crippen molar-refractivity contribution < 1.29 is 13.9 Å². The summed E-state index contributed by atoms with van der Waals surface area (Å²) in [6.45, 7) is 1.89. The van der Waals surface area contributed by atoms with Crippen molar-refractivity contribution in [3.8, 4) is 5.75 Å². The zero-order valence-electron chi connectivity index (χ0n) is 11.1. The van der Waals surface area contributed by atoms with Crippen molar-refractivity contribution >= 4 is 11.6 Å². The summed E-state index contributed by atoms with van der Waals surface area (Å²) in [7, 11) is 1.61. The molecule has 2 rings (SSSR count). The number of methoxy groups -OCH3 is 1. The lowest BCUT2D eigenvalue weighted by Crippen LogP contribution is -2.12. The first-order valence-electron chi connectivity index (χ1n) is 6.16. The number of carbonyl (C=O) groups excluding carboxylic acids is 1. The molecule has 4 nitrogen and oxygen atoms in total. The molecule has 0 atom stereocenters. The van der Waals surface area contributed by atoms with Gasteiger partial charge in [-0.25, -0.2) is 0 Å². The Bertz CT molecular complexity index is 543. The van der Waals surface area contributed by atoms with Crippen LogP contribution in [-0.4, -0.2) is 13.0 Å². The fourth-order valence-corrected chi connectivity index (χ4v) is 1.75. The van der Waals surface area contributed by atoms with E-state index >= 15 is 0 Å². The smallest absolute Gasteiger partial charge is 0.224 e. The molecule has 1 amide bonds. The maximum atomic E-state index is 11.8. The summed E-state index contributed by atoms with van der Waals surface area (Å²) in [5.74, 6) is 2.44. The normalized spacial score (nSPS) is 10.2. The summed E-state index contributed by atoms with van der Waals surface area (Å²) in [6, 6.07) is 11.0. The van der Waals surface area contributed by atoms with Crippen LogP contribution in [0.25, 0.3) is 0 Å². The molecule has 2 aromatic rings. The van der Waals surface area contributed by atoms with Gasteiger partial charge in [0.05, 0.1) is 7.11 Å². The molecule has 0 saturated heterocycles. The van der Waals surface area contributed by atoms with Crippen LogP contribution < -0.4 is 10.1 Å². The maximum Gasteiger partial charge on any atom is 0.224 e. The largest absolute Gasteiger partial charge is 0.497 e. The van der Waals surface area contributed by atoms with Gasteiger partial charge in [0.25, 0.3) is 0 Å². The number of aryl methyl sites for hydroxylation is 2. The topological polar surface area (TPSA) is 51.5 Å². The minimum Gasteiger partial charge on any atom is -0.497 e. The van der Waals surface area contributed by atoms with Gasteiger partial charge in [0, 0.05) is 18.5 Å². The lowest BCUT2D eigenvalue weighted by molar-refractivity contribution is -0.116. The lowest BCUT2D eigenvalue weighted by atomic mass is 10.2.